The number of carbonyl (C=O) groups excluding carboxylic acids is 1. The number of furan rings is 1. The van der Waals surface area contributed by atoms with Gasteiger partial charge in [-0.3, -0.25) is 9.48 Å². The average molecular weight is 348 g/mol. The molecule has 0 fully saturated rings. The Hall–Kier alpha value is -3.28. The fraction of sp³-hybridized carbons (Fsp3) is 0.200. The van der Waals surface area contributed by atoms with Crippen molar-refractivity contribution in [1.82, 2.24) is 14.3 Å². The van der Waals surface area contributed by atoms with Crippen LogP contribution in [0.2, 0.25) is 0 Å². The van der Waals surface area contributed by atoms with E-state index < -0.39 is 0 Å². The number of benzene rings is 1. The van der Waals surface area contributed by atoms with Crippen molar-refractivity contribution in [1.29, 1.82) is 0 Å². The lowest BCUT2D eigenvalue weighted by Gasteiger charge is -2.11. The molecule has 1 N–H and O–H groups in total. The molecule has 0 aliphatic carbocycles. The number of aromatic nitrogens is 3. The maximum absolute atomic E-state index is 13.0. The quantitative estimate of drug-likeness (QED) is 0.608. The maximum atomic E-state index is 13.0. The summed E-state index contributed by atoms with van der Waals surface area (Å²) < 4.78 is 9.25. The highest BCUT2D eigenvalue weighted by atomic mass is 16.3. The third-order valence-corrected chi connectivity index (χ3v) is 4.69. The first-order valence-corrected chi connectivity index (χ1v) is 8.47. The first-order valence-electron chi connectivity index (χ1n) is 8.47. The molecule has 26 heavy (non-hydrogen) atoms. The molecule has 0 bridgehead atoms. The second-order valence-electron chi connectivity index (χ2n) is 6.39. The molecule has 0 atom stereocenters. The second-order valence-corrected chi connectivity index (χ2v) is 6.39. The molecule has 132 valence electrons. The van der Waals surface area contributed by atoms with Crippen LogP contribution in [0.4, 0.5) is 5.69 Å². The third kappa shape index (κ3) is 2.69. The largest absolute Gasteiger partial charge is 0.463 e. The highest BCUT2D eigenvalue weighted by molar-refractivity contribution is 6.06. The zero-order chi connectivity index (χ0) is 18.3. The van der Waals surface area contributed by atoms with Gasteiger partial charge in [0.25, 0.3) is 5.91 Å². The number of anilines is 1. The summed E-state index contributed by atoms with van der Waals surface area (Å²) in [5.74, 6) is -0.175. The van der Waals surface area contributed by atoms with Crippen LogP contribution < -0.4 is 5.32 Å². The molecule has 1 amide bonds. The summed E-state index contributed by atoms with van der Waals surface area (Å²) in [5.41, 5.74) is 5.75. The number of rotatable bonds is 4. The van der Waals surface area contributed by atoms with Gasteiger partial charge in [0.15, 0.2) is 5.58 Å². The molecular formula is C20H20N4O2. The Morgan fingerprint density at radius 1 is 1.19 bits per heavy atom. The van der Waals surface area contributed by atoms with E-state index in [4.69, 9.17) is 4.42 Å². The fourth-order valence-corrected chi connectivity index (χ4v) is 3.23. The number of carbonyl (C=O) groups is 1. The van der Waals surface area contributed by atoms with Crippen LogP contribution in [0.5, 0.6) is 0 Å². The lowest BCUT2D eigenvalue weighted by Crippen LogP contribution is -2.18. The van der Waals surface area contributed by atoms with E-state index in [-0.39, 0.29) is 5.91 Å². The smallest absolute Gasteiger partial charge is 0.272 e. The number of amides is 1. The molecule has 0 unspecified atom stereocenters. The Kier molecular flexibility index (Phi) is 3.88. The van der Waals surface area contributed by atoms with Gasteiger partial charge in [-0.2, -0.15) is 5.10 Å². The van der Waals surface area contributed by atoms with Gasteiger partial charge >= 0.3 is 0 Å². The Morgan fingerprint density at radius 2 is 1.96 bits per heavy atom. The van der Waals surface area contributed by atoms with Crippen molar-refractivity contribution in [2.75, 3.05) is 5.32 Å². The first-order chi connectivity index (χ1) is 12.5. The topological polar surface area (TPSA) is 65.0 Å². The van der Waals surface area contributed by atoms with E-state index in [0.717, 1.165) is 28.2 Å². The molecule has 6 nitrogen and oxygen atoms in total. The van der Waals surface area contributed by atoms with Crippen LogP contribution in [0.1, 0.15) is 27.4 Å². The minimum Gasteiger partial charge on any atom is -0.463 e. The Labute approximate surface area is 151 Å². The predicted octanol–water partition coefficient (Wildman–Crippen LogP) is 3.89. The molecule has 0 spiro atoms. The number of fused-ring (bicyclic) bond motifs is 1. The minimum absolute atomic E-state index is 0.175. The number of nitrogens with one attached hydrogen (secondary N) is 1. The van der Waals surface area contributed by atoms with Gasteiger partial charge < -0.3 is 14.3 Å². The van der Waals surface area contributed by atoms with E-state index in [2.05, 4.69) is 10.4 Å². The number of hydrogen-bond donors (Lipinski definition) is 1. The summed E-state index contributed by atoms with van der Waals surface area (Å²) in [7, 11) is 1.86. The molecule has 0 radical (unpaired) electrons. The van der Waals surface area contributed by atoms with Crippen LogP contribution in [-0.2, 0) is 13.6 Å². The summed E-state index contributed by atoms with van der Waals surface area (Å²) >= 11 is 0. The number of nitrogens with zero attached hydrogens (tertiary/aromatic N) is 3. The zero-order valence-electron chi connectivity index (χ0n) is 15.0. The lowest BCUT2D eigenvalue weighted by molar-refractivity contribution is 0.101. The fourth-order valence-electron chi connectivity index (χ4n) is 3.23. The molecule has 0 aliphatic heterocycles. The molecular weight excluding hydrogens is 328 g/mol. The van der Waals surface area contributed by atoms with E-state index in [1.54, 1.807) is 17.0 Å². The Morgan fingerprint density at radius 3 is 2.65 bits per heavy atom. The van der Waals surface area contributed by atoms with Gasteiger partial charge in [-0.15, -0.1) is 0 Å². The van der Waals surface area contributed by atoms with E-state index >= 15 is 0 Å². The molecule has 6 heteroatoms. The van der Waals surface area contributed by atoms with Crippen LogP contribution in [0.25, 0.3) is 11.1 Å². The summed E-state index contributed by atoms with van der Waals surface area (Å²) in [5, 5.41) is 7.36. The van der Waals surface area contributed by atoms with E-state index in [9.17, 15) is 4.79 Å². The van der Waals surface area contributed by atoms with E-state index in [0.29, 0.717) is 17.8 Å². The molecule has 4 rings (SSSR count). The van der Waals surface area contributed by atoms with Crippen LogP contribution in [0.15, 0.2) is 53.1 Å². The normalized spacial score (nSPS) is 11.2. The second kappa shape index (κ2) is 6.22. The van der Waals surface area contributed by atoms with Crippen LogP contribution >= 0.6 is 0 Å². The highest BCUT2D eigenvalue weighted by Crippen LogP contribution is 2.25. The molecule has 0 aliphatic rings. The van der Waals surface area contributed by atoms with Crippen LogP contribution in [-0.4, -0.2) is 20.3 Å². The molecule has 1 aromatic carbocycles. The van der Waals surface area contributed by atoms with E-state index in [1.807, 2.05) is 61.9 Å². The van der Waals surface area contributed by atoms with Crippen molar-refractivity contribution < 1.29 is 9.21 Å². The van der Waals surface area contributed by atoms with Crippen molar-refractivity contribution >= 4 is 22.7 Å². The minimum atomic E-state index is -0.175. The summed E-state index contributed by atoms with van der Waals surface area (Å²) in [6, 6.07) is 13.7. The molecule has 3 heterocycles. The number of hydrogen-bond acceptors (Lipinski definition) is 3. The van der Waals surface area contributed by atoms with Crippen molar-refractivity contribution in [2.45, 2.75) is 20.4 Å². The third-order valence-electron chi connectivity index (χ3n) is 4.69. The maximum Gasteiger partial charge on any atom is 0.272 e. The van der Waals surface area contributed by atoms with Crippen LogP contribution in [0.3, 0.4) is 0 Å². The number of aryl methyl sites for hydroxylation is 2. The van der Waals surface area contributed by atoms with Gasteiger partial charge in [0.1, 0.15) is 5.69 Å². The standard InChI is InChI=1S/C20H20N4O2/c1-13-19(14(2)23(3)22-13)21-20(25)17-11-18-16(9-10-26-18)24(17)12-15-7-5-4-6-8-15/h4-11H,12H2,1-3H3,(H,21,25). The van der Waals surface area contributed by atoms with Crippen molar-refractivity contribution in [3.05, 3.63) is 71.4 Å². The van der Waals surface area contributed by atoms with E-state index in [1.165, 1.54) is 0 Å². The molecule has 4 aromatic rings. The van der Waals surface area contributed by atoms with Gasteiger partial charge in [-0.25, -0.2) is 0 Å². The van der Waals surface area contributed by atoms with Crippen LogP contribution in [0, 0.1) is 13.8 Å². The average Bonchev–Trinajstić information content (AvgIpc) is 3.28. The highest BCUT2D eigenvalue weighted by Gasteiger charge is 2.20. The molecule has 3 aromatic heterocycles. The van der Waals surface area contributed by atoms with Crippen molar-refractivity contribution in [2.24, 2.45) is 7.05 Å². The summed E-state index contributed by atoms with van der Waals surface area (Å²) in [4.78, 5) is 13.0. The van der Waals surface area contributed by atoms with Gasteiger partial charge in [0.05, 0.1) is 28.9 Å². The van der Waals surface area contributed by atoms with Crippen molar-refractivity contribution in [3.63, 3.8) is 0 Å². The van der Waals surface area contributed by atoms with Crippen molar-refractivity contribution in [3.8, 4) is 0 Å². The molecule has 0 saturated heterocycles. The lowest BCUT2D eigenvalue weighted by atomic mass is 10.2. The van der Waals surface area contributed by atoms with Gasteiger partial charge in [0, 0.05) is 25.7 Å². The molecule has 0 saturated carbocycles. The Balaban J connectivity index is 1.72. The predicted molar refractivity (Wildman–Crippen MR) is 100 cm³/mol. The zero-order valence-corrected chi connectivity index (χ0v) is 15.0. The van der Waals surface area contributed by atoms with Gasteiger partial charge in [-0.05, 0) is 19.4 Å². The monoisotopic (exact) mass is 348 g/mol. The first kappa shape index (κ1) is 16.2. The van der Waals surface area contributed by atoms with Gasteiger partial charge in [0.2, 0.25) is 0 Å². The van der Waals surface area contributed by atoms with Gasteiger partial charge in [-0.1, -0.05) is 30.3 Å². The SMILES string of the molecule is Cc1nn(C)c(C)c1NC(=O)c1cc2occc2n1Cc1ccccc1. The Bertz CT molecular complexity index is 1090. The summed E-state index contributed by atoms with van der Waals surface area (Å²) in [6.07, 6.45) is 1.64. The summed E-state index contributed by atoms with van der Waals surface area (Å²) in [6.45, 7) is 4.42.